The molecule has 0 aliphatic carbocycles. The number of rotatable bonds is 1. The van der Waals surface area contributed by atoms with Crippen LogP contribution in [0.3, 0.4) is 0 Å². The number of carbonyl (C=O) groups excluding carboxylic acids is 2. The molecule has 11 heavy (non-hydrogen) atoms. The van der Waals surface area contributed by atoms with E-state index in [4.69, 9.17) is 0 Å². The summed E-state index contributed by atoms with van der Waals surface area (Å²) in [7, 11) is 0. The Morgan fingerprint density at radius 1 is 1.82 bits per heavy atom. The first kappa shape index (κ1) is 8.13. The lowest BCUT2D eigenvalue weighted by atomic mass is 10.6. The summed E-state index contributed by atoms with van der Waals surface area (Å²) < 4.78 is 0. The second-order valence-electron chi connectivity index (χ2n) is 1.90. The van der Waals surface area contributed by atoms with Crippen molar-refractivity contribution < 1.29 is 14.4 Å². The number of amides is 1. The molecule has 0 fully saturated rings. The lowest BCUT2D eigenvalue weighted by molar-refractivity contribution is -0.170. The summed E-state index contributed by atoms with van der Waals surface area (Å²) in [5.74, 6) is -0.478. The van der Waals surface area contributed by atoms with Gasteiger partial charge in [-0.2, -0.15) is 5.06 Å². The maximum Gasteiger partial charge on any atom is 0.329 e. The van der Waals surface area contributed by atoms with Gasteiger partial charge < -0.3 is 4.84 Å². The molecule has 0 saturated heterocycles. The summed E-state index contributed by atoms with van der Waals surface area (Å²) in [4.78, 5) is 25.9. The molecule has 0 aromatic heterocycles. The fourth-order valence-corrected chi connectivity index (χ4v) is 1.14. The van der Waals surface area contributed by atoms with Crippen molar-refractivity contribution in [2.75, 3.05) is 6.54 Å². The normalized spacial score (nSPS) is 16.8. The summed E-state index contributed by atoms with van der Waals surface area (Å²) in [5, 5.41) is 2.43. The van der Waals surface area contributed by atoms with Gasteiger partial charge >= 0.3 is 11.2 Å². The van der Waals surface area contributed by atoms with Gasteiger partial charge in [-0.1, -0.05) is 6.08 Å². The zero-order chi connectivity index (χ0) is 8.27. The molecule has 0 unspecified atom stereocenters. The van der Waals surface area contributed by atoms with Gasteiger partial charge in [0.15, 0.2) is 0 Å². The van der Waals surface area contributed by atoms with E-state index in [1.165, 1.54) is 6.92 Å². The zero-order valence-corrected chi connectivity index (χ0v) is 6.76. The minimum atomic E-state index is -0.478. The standard InChI is InChI=1S/C6H7NO3S/c1-5(8)10-7-3-2-4-11-6(7)9/h2,4H,3H2,1H3. The van der Waals surface area contributed by atoms with E-state index in [1.54, 1.807) is 11.5 Å². The molecule has 1 heterocycles. The summed E-state index contributed by atoms with van der Waals surface area (Å²) in [6, 6.07) is 0. The Kier molecular flexibility index (Phi) is 2.53. The first-order chi connectivity index (χ1) is 5.20. The van der Waals surface area contributed by atoms with Gasteiger partial charge in [0.1, 0.15) is 0 Å². The van der Waals surface area contributed by atoms with Crippen molar-refractivity contribution in [3.8, 4) is 0 Å². The van der Waals surface area contributed by atoms with Crippen LogP contribution in [0.15, 0.2) is 11.5 Å². The third-order valence-corrected chi connectivity index (χ3v) is 1.71. The molecule has 1 amide bonds. The minimum absolute atomic E-state index is 0.261. The Morgan fingerprint density at radius 2 is 2.55 bits per heavy atom. The summed E-state index contributed by atoms with van der Waals surface area (Å²) >= 11 is 0.997. The first-order valence-corrected chi connectivity index (χ1v) is 3.90. The van der Waals surface area contributed by atoms with Crippen LogP contribution in [0.5, 0.6) is 0 Å². The second kappa shape index (κ2) is 3.43. The van der Waals surface area contributed by atoms with E-state index < -0.39 is 5.97 Å². The lowest BCUT2D eigenvalue weighted by Gasteiger charge is -2.19. The number of hydrogen-bond donors (Lipinski definition) is 0. The highest BCUT2D eigenvalue weighted by molar-refractivity contribution is 8.16. The van der Waals surface area contributed by atoms with E-state index in [0.29, 0.717) is 6.54 Å². The van der Waals surface area contributed by atoms with Crippen LogP contribution in [-0.4, -0.2) is 22.8 Å². The molecular formula is C6H7NO3S. The molecule has 4 nitrogen and oxygen atoms in total. The van der Waals surface area contributed by atoms with E-state index >= 15 is 0 Å². The Morgan fingerprint density at radius 3 is 3.09 bits per heavy atom. The van der Waals surface area contributed by atoms with Gasteiger partial charge in [-0.3, -0.25) is 9.59 Å². The van der Waals surface area contributed by atoms with E-state index in [1.807, 2.05) is 0 Å². The van der Waals surface area contributed by atoms with Crippen LogP contribution >= 0.6 is 11.8 Å². The van der Waals surface area contributed by atoms with Gasteiger partial charge in [-0.25, -0.2) is 0 Å². The average Bonchev–Trinajstić information content (AvgIpc) is 1.93. The summed E-state index contributed by atoms with van der Waals surface area (Å²) in [5.41, 5.74) is 0. The Bertz CT molecular complexity index is 214. The Balaban J connectivity index is 2.51. The highest BCUT2D eigenvalue weighted by Crippen LogP contribution is 2.15. The Hall–Kier alpha value is -0.970. The van der Waals surface area contributed by atoms with Crippen LogP contribution in [0.4, 0.5) is 4.79 Å². The van der Waals surface area contributed by atoms with Gasteiger partial charge in [0.05, 0.1) is 6.54 Å². The number of carbonyl (C=O) groups is 2. The van der Waals surface area contributed by atoms with E-state index in [-0.39, 0.29) is 5.24 Å². The monoisotopic (exact) mass is 173 g/mol. The SMILES string of the molecule is CC(=O)ON1CC=CSC1=O. The van der Waals surface area contributed by atoms with Crippen LogP contribution < -0.4 is 0 Å². The maximum atomic E-state index is 10.9. The van der Waals surface area contributed by atoms with Crippen molar-refractivity contribution in [3.63, 3.8) is 0 Å². The zero-order valence-electron chi connectivity index (χ0n) is 5.94. The molecule has 1 rings (SSSR count). The number of hydroxylamine groups is 2. The lowest BCUT2D eigenvalue weighted by Crippen LogP contribution is -2.31. The van der Waals surface area contributed by atoms with Crippen molar-refractivity contribution in [1.29, 1.82) is 0 Å². The first-order valence-electron chi connectivity index (χ1n) is 3.02. The molecule has 0 saturated carbocycles. The Labute approximate surface area is 68.1 Å². The van der Waals surface area contributed by atoms with Crippen molar-refractivity contribution in [3.05, 3.63) is 11.5 Å². The van der Waals surface area contributed by atoms with E-state index in [2.05, 4.69) is 4.84 Å². The van der Waals surface area contributed by atoms with Crippen LogP contribution in [0, 0.1) is 0 Å². The van der Waals surface area contributed by atoms with Crippen LogP contribution in [0.2, 0.25) is 0 Å². The van der Waals surface area contributed by atoms with Crippen molar-refractivity contribution in [2.45, 2.75) is 6.92 Å². The molecule has 0 bridgehead atoms. The molecule has 1 aliphatic heterocycles. The van der Waals surface area contributed by atoms with Crippen LogP contribution in [0.1, 0.15) is 6.92 Å². The van der Waals surface area contributed by atoms with Crippen molar-refractivity contribution >= 4 is 23.0 Å². The molecule has 0 aromatic rings. The molecule has 1 aliphatic rings. The maximum absolute atomic E-state index is 10.9. The van der Waals surface area contributed by atoms with Crippen LogP contribution in [0.25, 0.3) is 0 Å². The van der Waals surface area contributed by atoms with Crippen LogP contribution in [-0.2, 0) is 9.63 Å². The molecule has 0 aromatic carbocycles. The minimum Gasteiger partial charge on any atom is -0.337 e. The topological polar surface area (TPSA) is 46.6 Å². The molecule has 5 heteroatoms. The summed E-state index contributed by atoms with van der Waals surface area (Å²) in [6.45, 7) is 1.60. The van der Waals surface area contributed by atoms with E-state index in [0.717, 1.165) is 16.8 Å². The quantitative estimate of drug-likeness (QED) is 0.596. The predicted octanol–water partition coefficient (Wildman–Crippen LogP) is 1.15. The highest BCUT2D eigenvalue weighted by atomic mass is 32.2. The largest absolute Gasteiger partial charge is 0.337 e. The third kappa shape index (κ3) is 2.27. The molecule has 0 atom stereocenters. The van der Waals surface area contributed by atoms with Gasteiger partial charge in [0.25, 0.3) is 0 Å². The van der Waals surface area contributed by atoms with E-state index in [9.17, 15) is 9.59 Å². The second-order valence-corrected chi connectivity index (χ2v) is 2.76. The average molecular weight is 173 g/mol. The van der Waals surface area contributed by atoms with Gasteiger partial charge in [0, 0.05) is 6.92 Å². The molecule has 60 valence electrons. The number of hydrogen-bond acceptors (Lipinski definition) is 4. The van der Waals surface area contributed by atoms with Gasteiger partial charge in [0.2, 0.25) is 0 Å². The summed E-state index contributed by atoms with van der Waals surface area (Å²) in [6.07, 6.45) is 1.75. The van der Waals surface area contributed by atoms with Gasteiger partial charge in [-0.05, 0) is 17.2 Å². The fourth-order valence-electron chi connectivity index (χ4n) is 0.608. The molecular weight excluding hydrogens is 166 g/mol. The fraction of sp³-hybridized carbons (Fsp3) is 0.333. The number of thioether (sulfide) groups is 1. The smallest absolute Gasteiger partial charge is 0.329 e. The van der Waals surface area contributed by atoms with Crippen molar-refractivity contribution in [1.82, 2.24) is 5.06 Å². The highest BCUT2D eigenvalue weighted by Gasteiger charge is 2.17. The number of nitrogens with zero attached hydrogens (tertiary/aromatic N) is 1. The van der Waals surface area contributed by atoms with Crippen molar-refractivity contribution in [2.24, 2.45) is 0 Å². The third-order valence-electron chi connectivity index (χ3n) is 0.979. The molecule has 0 radical (unpaired) electrons. The molecule has 0 N–H and O–H groups in total. The molecule has 0 spiro atoms. The van der Waals surface area contributed by atoms with Gasteiger partial charge in [-0.15, -0.1) is 0 Å². The predicted molar refractivity (Wildman–Crippen MR) is 40.6 cm³/mol.